The van der Waals surface area contributed by atoms with Crippen LogP contribution in [-0.4, -0.2) is 25.7 Å². The standard InChI is InChI=1S/C22H23NO3/c1-15-8-10-19(11-9-15)26-14-16(2)23-22(24)20-12-17-6-4-5-7-18(17)13-21(20)25-3/h4-13,16H,14H2,1-3H3,(H,23,24)/t16-/m1/s1. The van der Waals surface area contributed by atoms with Crippen molar-refractivity contribution in [3.8, 4) is 11.5 Å². The predicted molar refractivity (Wildman–Crippen MR) is 104 cm³/mol. The van der Waals surface area contributed by atoms with Crippen molar-refractivity contribution < 1.29 is 14.3 Å². The molecule has 3 aromatic rings. The third-order valence-electron chi connectivity index (χ3n) is 4.21. The molecule has 0 spiro atoms. The third kappa shape index (κ3) is 4.14. The Morgan fingerprint density at radius 3 is 2.35 bits per heavy atom. The maximum atomic E-state index is 12.7. The number of aryl methyl sites for hydroxylation is 1. The molecule has 0 saturated carbocycles. The van der Waals surface area contributed by atoms with Gasteiger partial charge in [-0.15, -0.1) is 0 Å². The van der Waals surface area contributed by atoms with Gasteiger partial charge in [-0.05, 0) is 48.9 Å². The molecule has 1 atom stereocenters. The van der Waals surface area contributed by atoms with Crippen molar-refractivity contribution in [3.05, 3.63) is 71.8 Å². The van der Waals surface area contributed by atoms with Gasteiger partial charge in [0.05, 0.1) is 18.7 Å². The lowest BCUT2D eigenvalue weighted by Gasteiger charge is -2.17. The summed E-state index contributed by atoms with van der Waals surface area (Å²) in [5.74, 6) is 1.18. The Morgan fingerprint density at radius 2 is 1.69 bits per heavy atom. The maximum absolute atomic E-state index is 12.7. The predicted octanol–water partition coefficient (Wildman–Crippen LogP) is 4.35. The summed E-state index contributed by atoms with van der Waals surface area (Å²) in [5, 5.41) is 5.01. The summed E-state index contributed by atoms with van der Waals surface area (Å²) in [6.07, 6.45) is 0. The Balaban J connectivity index is 1.68. The van der Waals surface area contributed by atoms with E-state index in [1.165, 1.54) is 5.56 Å². The van der Waals surface area contributed by atoms with E-state index in [4.69, 9.17) is 9.47 Å². The molecule has 0 aliphatic heterocycles. The first kappa shape index (κ1) is 17.8. The van der Waals surface area contributed by atoms with Gasteiger partial charge in [0.15, 0.2) is 0 Å². The summed E-state index contributed by atoms with van der Waals surface area (Å²) in [6, 6.07) is 19.4. The number of carbonyl (C=O) groups excluding carboxylic acids is 1. The molecule has 134 valence electrons. The number of nitrogens with one attached hydrogen (secondary N) is 1. The second-order valence-corrected chi connectivity index (χ2v) is 6.40. The van der Waals surface area contributed by atoms with Crippen molar-refractivity contribution in [1.29, 1.82) is 0 Å². The van der Waals surface area contributed by atoms with Crippen molar-refractivity contribution in [2.45, 2.75) is 19.9 Å². The van der Waals surface area contributed by atoms with Crippen LogP contribution in [0.2, 0.25) is 0 Å². The molecule has 0 radical (unpaired) electrons. The first-order chi connectivity index (χ1) is 12.6. The van der Waals surface area contributed by atoms with Gasteiger partial charge in [0.25, 0.3) is 5.91 Å². The Kier molecular flexibility index (Phi) is 5.42. The highest BCUT2D eigenvalue weighted by Crippen LogP contribution is 2.26. The molecule has 0 aliphatic carbocycles. The van der Waals surface area contributed by atoms with Gasteiger partial charge < -0.3 is 14.8 Å². The van der Waals surface area contributed by atoms with Gasteiger partial charge in [0.1, 0.15) is 18.1 Å². The molecular formula is C22H23NO3. The number of methoxy groups -OCH3 is 1. The molecule has 3 rings (SSSR count). The summed E-state index contributed by atoms with van der Waals surface area (Å²) < 4.78 is 11.1. The van der Waals surface area contributed by atoms with Crippen LogP contribution in [-0.2, 0) is 0 Å². The van der Waals surface area contributed by atoms with E-state index in [9.17, 15) is 4.79 Å². The molecule has 0 bridgehead atoms. The fraction of sp³-hybridized carbons (Fsp3) is 0.227. The lowest BCUT2D eigenvalue weighted by Crippen LogP contribution is -2.37. The molecule has 0 aromatic heterocycles. The Bertz CT molecular complexity index is 903. The lowest BCUT2D eigenvalue weighted by molar-refractivity contribution is 0.0924. The zero-order valence-electron chi connectivity index (χ0n) is 15.3. The number of carbonyl (C=O) groups is 1. The second-order valence-electron chi connectivity index (χ2n) is 6.40. The van der Waals surface area contributed by atoms with Crippen LogP contribution in [0, 0.1) is 6.92 Å². The minimum atomic E-state index is -0.174. The van der Waals surface area contributed by atoms with Gasteiger partial charge in [-0.3, -0.25) is 4.79 Å². The Labute approximate surface area is 153 Å². The number of fused-ring (bicyclic) bond motifs is 1. The van der Waals surface area contributed by atoms with Gasteiger partial charge in [-0.25, -0.2) is 0 Å². The molecule has 4 heteroatoms. The Morgan fingerprint density at radius 1 is 1.04 bits per heavy atom. The largest absolute Gasteiger partial charge is 0.496 e. The number of hydrogen-bond acceptors (Lipinski definition) is 3. The highest BCUT2D eigenvalue weighted by atomic mass is 16.5. The van der Waals surface area contributed by atoms with E-state index in [1.807, 2.05) is 74.5 Å². The van der Waals surface area contributed by atoms with Crippen LogP contribution in [0.1, 0.15) is 22.8 Å². The molecule has 0 aliphatic rings. The summed E-state index contributed by atoms with van der Waals surface area (Å²) in [4.78, 5) is 12.7. The van der Waals surface area contributed by atoms with Crippen molar-refractivity contribution in [1.82, 2.24) is 5.32 Å². The van der Waals surface area contributed by atoms with Crippen molar-refractivity contribution in [2.75, 3.05) is 13.7 Å². The first-order valence-corrected chi connectivity index (χ1v) is 8.64. The minimum absolute atomic E-state index is 0.139. The number of ether oxygens (including phenoxy) is 2. The van der Waals surface area contributed by atoms with Crippen LogP contribution in [0.25, 0.3) is 10.8 Å². The summed E-state index contributed by atoms with van der Waals surface area (Å²) >= 11 is 0. The average molecular weight is 349 g/mol. The van der Waals surface area contributed by atoms with Gasteiger partial charge in [-0.2, -0.15) is 0 Å². The number of amides is 1. The molecular weight excluding hydrogens is 326 g/mol. The van der Waals surface area contributed by atoms with Crippen LogP contribution < -0.4 is 14.8 Å². The molecule has 0 saturated heterocycles. The van der Waals surface area contributed by atoms with E-state index in [0.717, 1.165) is 16.5 Å². The molecule has 0 fully saturated rings. The minimum Gasteiger partial charge on any atom is -0.496 e. The quantitative estimate of drug-likeness (QED) is 0.719. The van der Waals surface area contributed by atoms with Crippen LogP contribution in [0.4, 0.5) is 0 Å². The SMILES string of the molecule is COc1cc2ccccc2cc1C(=O)N[C@H](C)COc1ccc(C)cc1. The topological polar surface area (TPSA) is 47.6 Å². The third-order valence-corrected chi connectivity index (χ3v) is 4.21. The fourth-order valence-corrected chi connectivity index (χ4v) is 2.76. The summed E-state index contributed by atoms with van der Waals surface area (Å²) in [5.41, 5.74) is 1.70. The number of rotatable bonds is 6. The smallest absolute Gasteiger partial charge is 0.255 e. The van der Waals surface area contributed by atoms with Crippen LogP contribution in [0.5, 0.6) is 11.5 Å². The highest BCUT2D eigenvalue weighted by Gasteiger charge is 2.16. The van der Waals surface area contributed by atoms with Gasteiger partial charge in [-0.1, -0.05) is 42.0 Å². The molecule has 3 aromatic carbocycles. The zero-order chi connectivity index (χ0) is 18.5. The first-order valence-electron chi connectivity index (χ1n) is 8.64. The number of hydrogen-bond donors (Lipinski definition) is 1. The van der Waals surface area contributed by atoms with E-state index in [2.05, 4.69) is 5.32 Å². The van der Waals surface area contributed by atoms with E-state index < -0.39 is 0 Å². The molecule has 0 unspecified atom stereocenters. The van der Waals surface area contributed by atoms with Gasteiger partial charge in [0.2, 0.25) is 0 Å². The average Bonchev–Trinajstić information content (AvgIpc) is 2.66. The maximum Gasteiger partial charge on any atom is 0.255 e. The van der Waals surface area contributed by atoms with Gasteiger partial charge >= 0.3 is 0 Å². The molecule has 26 heavy (non-hydrogen) atoms. The lowest BCUT2D eigenvalue weighted by atomic mass is 10.1. The van der Waals surface area contributed by atoms with E-state index >= 15 is 0 Å². The second kappa shape index (κ2) is 7.91. The van der Waals surface area contributed by atoms with Crippen molar-refractivity contribution in [2.24, 2.45) is 0 Å². The highest BCUT2D eigenvalue weighted by molar-refractivity contribution is 6.01. The fourth-order valence-electron chi connectivity index (χ4n) is 2.76. The molecule has 1 amide bonds. The van der Waals surface area contributed by atoms with Crippen LogP contribution in [0.15, 0.2) is 60.7 Å². The molecule has 0 heterocycles. The van der Waals surface area contributed by atoms with Crippen molar-refractivity contribution >= 4 is 16.7 Å². The molecule has 1 N–H and O–H groups in total. The zero-order valence-corrected chi connectivity index (χ0v) is 15.3. The van der Waals surface area contributed by atoms with Gasteiger partial charge in [0, 0.05) is 0 Å². The normalized spacial score (nSPS) is 11.8. The summed E-state index contributed by atoms with van der Waals surface area (Å²) in [6.45, 7) is 4.34. The Hall–Kier alpha value is -3.01. The van der Waals surface area contributed by atoms with E-state index in [0.29, 0.717) is 17.9 Å². The summed E-state index contributed by atoms with van der Waals surface area (Å²) in [7, 11) is 1.57. The van der Waals surface area contributed by atoms with Crippen LogP contribution >= 0.6 is 0 Å². The van der Waals surface area contributed by atoms with E-state index in [-0.39, 0.29) is 11.9 Å². The van der Waals surface area contributed by atoms with Crippen LogP contribution in [0.3, 0.4) is 0 Å². The molecule has 4 nitrogen and oxygen atoms in total. The van der Waals surface area contributed by atoms with Crippen molar-refractivity contribution in [3.63, 3.8) is 0 Å². The van der Waals surface area contributed by atoms with E-state index in [1.54, 1.807) is 7.11 Å². The number of benzene rings is 3. The monoisotopic (exact) mass is 349 g/mol.